The standard InChI is InChI=1S/C14H29NO/c1-10(9-15)13(16)11-5-7-12(8-6-11)14(2,3)4/h10-13,16H,5-9,15H2,1-4H3. The predicted octanol–water partition coefficient (Wildman–Crippen LogP) is 2.79. The van der Waals surface area contributed by atoms with E-state index in [2.05, 4.69) is 27.7 Å². The van der Waals surface area contributed by atoms with Crippen molar-refractivity contribution < 1.29 is 5.11 Å². The molecule has 0 amide bonds. The number of hydrogen-bond acceptors (Lipinski definition) is 2. The van der Waals surface area contributed by atoms with Crippen LogP contribution in [0.25, 0.3) is 0 Å². The minimum atomic E-state index is -0.189. The number of rotatable bonds is 3. The Morgan fingerprint density at radius 2 is 1.69 bits per heavy atom. The molecule has 2 atom stereocenters. The molecule has 16 heavy (non-hydrogen) atoms. The second-order valence-corrected chi connectivity index (χ2v) is 6.68. The van der Waals surface area contributed by atoms with Crippen molar-refractivity contribution in [2.75, 3.05) is 6.54 Å². The zero-order valence-electron chi connectivity index (χ0n) is 11.4. The van der Waals surface area contributed by atoms with Crippen molar-refractivity contribution in [3.63, 3.8) is 0 Å². The molecule has 1 rings (SSSR count). The Labute approximate surface area is 101 Å². The molecule has 2 heteroatoms. The minimum Gasteiger partial charge on any atom is -0.393 e. The van der Waals surface area contributed by atoms with Crippen LogP contribution in [-0.4, -0.2) is 17.8 Å². The first-order chi connectivity index (χ1) is 7.36. The molecule has 1 fully saturated rings. The molecule has 1 saturated carbocycles. The molecule has 2 unspecified atom stereocenters. The fraction of sp³-hybridized carbons (Fsp3) is 1.00. The fourth-order valence-corrected chi connectivity index (χ4v) is 2.93. The van der Waals surface area contributed by atoms with Crippen molar-refractivity contribution in [2.24, 2.45) is 28.9 Å². The van der Waals surface area contributed by atoms with Crippen LogP contribution in [0.4, 0.5) is 0 Å². The van der Waals surface area contributed by atoms with E-state index in [-0.39, 0.29) is 12.0 Å². The third-order valence-electron chi connectivity index (χ3n) is 4.43. The molecule has 0 bridgehead atoms. The lowest BCUT2D eigenvalue weighted by atomic mass is 9.68. The van der Waals surface area contributed by atoms with E-state index in [9.17, 15) is 5.11 Å². The zero-order chi connectivity index (χ0) is 12.3. The van der Waals surface area contributed by atoms with Crippen LogP contribution in [-0.2, 0) is 0 Å². The van der Waals surface area contributed by atoms with Crippen molar-refractivity contribution in [3.8, 4) is 0 Å². The molecule has 0 aromatic rings. The maximum Gasteiger partial charge on any atom is 0.0605 e. The van der Waals surface area contributed by atoms with E-state index in [4.69, 9.17) is 5.73 Å². The summed E-state index contributed by atoms with van der Waals surface area (Å²) in [7, 11) is 0. The molecule has 0 spiro atoms. The van der Waals surface area contributed by atoms with Crippen molar-refractivity contribution in [3.05, 3.63) is 0 Å². The first kappa shape index (κ1) is 14.0. The second kappa shape index (κ2) is 5.50. The smallest absolute Gasteiger partial charge is 0.0605 e. The SMILES string of the molecule is CC(CN)C(O)C1CCC(C(C)(C)C)CC1. The fourth-order valence-electron chi connectivity index (χ4n) is 2.93. The Bertz CT molecular complexity index is 201. The van der Waals surface area contributed by atoms with Crippen LogP contribution in [0, 0.1) is 23.2 Å². The molecule has 0 aliphatic heterocycles. The highest BCUT2D eigenvalue weighted by atomic mass is 16.3. The van der Waals surface area contributed by atoms with Crippen molar-refractivity contribution in [2.45, 2.75) is 59.5 Å². The van der Waals surface area contributed by atoms with E-state index in [0.29, 0.717) is 17.9 Å². The molecule has 0 radical (unpaired) electrons. The van der Waals surface area contributed by atoms with Gasteiger partial charge in [0.05, 0.1) is 6.10 Å². The van der Waals surface area contributed by atoms with Gasteiger partial charge < -0.3 is 10.8 Å². The normalized spacial score (nSPS) is 31.1. The first-order valence-electron chi connectivity index (χ1n) is 6.74. The van der Waals surface area contributed by atoms with Gasteiger partial charge in [-0.1, -0.05) is 27.7 Å². The van der Waals surface area contributed by atoms with E-state index in [1.54, 1.807) is 0 Å². The largest absolute Gasteiger partial charge is 0.393 e. The molecule has 96 valence electrons. The van der Waals surface area contributed by atoms with Crippen LogP contribution in [0.1, 0.15) is 53.4 Å². The van der Waals surface area contributed by atoms with Crippen LogP contribution < -0.4 is 5.73 Å². The zero-order valence-corrected chi connectivity index (χ0v) is 11.4. The van der Waals surface area contributed by atoms with Gasteiger partial charge in [0.25, 0.3) is 0 Å². The molecule has 3 N–H and O–H groups in total. The van der Waals surface area contributed by atoms with Crippen molar-refractivity contribution in [1.82, 2.24) is 0 Å². The van der Waals surface area contributed by atoms with Crippen LogP contribution in [0.3, 0.4) is 0 Å². The topological polar surface area (TPSA) is 46.2 Å². The van der Waals surface area contributed by atoms with Gasteiger partial charge in [-0.15, -0.1) is 0 Å². The Balaban J connectivity index is 2.43. The summed E-state index contributed by atoms with van der Waals surface area (Å²) in [4.78, 5) is 0. The van der Waals surface area contributed by atoms with Crippen molar-refractivity contribution >= 4 is 0 Å². The molecule has 0 aromatic carbocycles. The van der Waals surface area contributed by atoms with Gasteiger partial charge >= 0.3 is 0 Å². The van der Waals surface area contributed by atoms with Gasteiger partial charge in [-0.3, -0.25) is 0 Å². The number of nitrogens with two attached hydrogens (primary N) is 1. The summed E-state index contributed by atoms with van der Waals surface area (Å²) < 4.78 is 0. The quantitative estimate of drug-likeness (QED) is 0.779. The van der Waals surface area contributed by atoms with E-state index in [0.717, 1.165) is 5.92 Å². The van der Waals surface area contributed by atoms with E-state index < -0.39 is 0 Å². The first-order valence-corrected chi connectivity index (χ1v) is 6.74. The summed E-state index contributed by atoms with van der Waals surface area (Å²) in [5, 5.41) is 10.2. The van der Waals surface area contributed by atoms with Gasteiger partial charge in [-0.25, -0.2) is 0 Å². The maximum absolute atomic E-state index is 10.2. The molecule has 2 nitrogen and oxygen atoms in total. The predicted molar refractivity (Wildman–Crippen MR) is 69.1 cm³/mol. The summed E-state index contributed by atoms with van der Waals surface area (Å²) in [5.41, 5.74) is 6.04. The molecule has 0 heterocycles. The highest BCUT2D eigenvalue weighted by Crippen LogP contribution is 2.41. The van der Waals surface area contributed by atoms with Crippen molar-refractivity contribution in [1.29, 1.82) is 0 Å². The number of aliphatic hydroxyl groups is 1. The Morgan fingerprint density at radius 3 is 2.06 bits per heavy atom. The van der Waals surface area contributed by atoms with Gasteiger partial charge in [0.15, 0.2) is 0 Å². The molecular formula is C14H29NO. The summed E-state index contributed by atoms with van der Waals surface area (Å²) in [5.74, 6) is 1.55. The summed E-state index contributed by atoms with van der Waals surface area (Å²) in [6.07, 6.45) is 4.69. The van der Waals surface area contributed by atoms with E-state index in [1.165, 1.54) is 25.7 Å². The third kappa shape index (κ3) is 3.46. The van der Waals surface area contributed by atoms with Gasteiger partial charge in [0, 0.05) is 0 Å². The highest BCUT2D eigenvalue weighted by molar-refractivity contribution is 4.84. The van der Waals surface area contributed by atoms with Gasteiger partial charge in [-0.05, 0) is 55.4 Å². The minimum absolute atomic E-state index is 0.189. The Hall–Kier alpha value is -0.0800. The average molecular weight is 227 g/mol. The Kier molecular flexibility index (Phi) is 4.81. The van der Waals surface area contributed by atoms with E-state index >= 15 is 0 Å². The van der Waals surface area contributed by atoms with Gasteiger partial charge in [0.1, 0.15) is 0 Å². The molecule has 0 aromatic heterocycles. The number of aliphatic hydroxyl groups excluding tert-OH is 1. The third-order valence-corrected chi connectivity index (χ3v) is 4.43. The second-order valence-electron chi connectivity index (χ2n) is 6.68. The molecular weight excluding hydrogens is 198 g/mol. The molecule has 0 saturated heterocycles. The Morgan fingerprint density at radius 1 is 1.19 bits per heavy atom. The lowest BCUT2D eigenvalue weighted by molar-refractivity contribution is 0.0220. The van der Waals surface area contributed by atoms with Crippen LogP contribution in [0.15, 0.2) is 0 Å². The molecule has 1 aliphatic rings. The lowest BCUT2D eigenvalue weighted by Gasteiger charge is -2.39. The van der Waals surface area contributed by atoms with E-state index in [1.807, 2.05) is 0 Å². The van der Waals surface area contributed by atoms with Crippen LogP contribution in [0.2, 0.25) is 0 Å². The summed E-state index contributed by atoms with van der Waals surface area (Å²) >= 11 is 0. The monoisotopic (exact) mass is 227 g/mol. The van der Waals surface area contributed by atoms with Gasteiger partial charge in [0.2, 0.25) is 0 Å². The maximum atomic E-state index is 10.2. The summed E-state index contributed by atoms with van der Waals surface area (Å²) in [6, 6.07) is 0. The highest BCUT2D eigenvalue weighted by Gasteiger charge is 2.33. The average Bonchev–Trinajstić information content (AvgIpc) is 2.26. The molecule has 1 aliphatic carbocycles. The summed E-state index contributed by atoms with van der Waals surface area (Å²) in [6.45, 7) is 9.64. The lowest BCUT2D eigenvalue weighted by Crippen LogP contribution is -2.36. The van der Waals surface area contributed by atoms with Crippen LogP contribution >= 0.6 is 0 Å². The van der Waals surface area contributed by atoms with Crippen LogP contribution in [0.5, 0.6) is 0 Å². The van der Waals surface area contributed by atoms with Gasteiger partial charge in [-0.2, -0.15) is 0 Å². The number of hydrogen-bond donors (Lipinski definition) is 2.